The van der Waals surface area contributed by atoms with Crippen LogP contribution < -0.4 is 11.3 Å². The Hall–Kier alpha value is -2.70. The zero-order valence-corrected chi connectivity index (χ0v) is 8.57. The number of pyridine rings is 1. The predicted molar refractivity (Wildman–Crippen MR) is 57.4 cm³/mol. The molecule has 0 saturated carbocycles. The van der Waals surface area contributed by atoms with E-state index in [2.05, 4.69) is 9.97 Å². The Balaban J connectivity index is 2.69. The van der Waals surface area contributed by atoms with Gasteiger partial charge in [0.2, 0.25) is 0 Å². The van der Waals surface area contributed by atoms with Crippen LogP contribution >= 0.6 is 0 Å². The molecule has 0 bridgehead atoms. The van der Waals surface area contributed by atoms with E-state index in [0.29, 0.717) is 4.73 Å². The normalized spacial score (nSPS) is 10.1. The molecule has 0 radical (unpaired) electrons. The Bertz CT molecular complexity index is 621. The van der Waals surface area contributed by atoms with Gasteiger partial charge in [-0.2, -0.15) is 0 Å². The van der Waals surface area contributed by atoms with Crippen LogP contribution in [0.15, 0.2) is 35.3 Å². The van der Waals surface area contributed by atoms with Crippen molar-refractivity contribution in [1.82, 2.24) is 14.7 Å². The van der Waals surface area contributed by atoms with Gasteiger partial charge in [0.15, 0.2) is 5.82 Å². The van der Waals surface area contributed by atoms with E-state index in [-0.39, 0.29) is 17.2 Å². The molecule has 17 heavy (non-hydrogen) atoms. The average molecular weight is 232 g/mol. The second-order valence-electron chi connectivity index (χ2n) is 3.19. The standard InChI is InChI=1S/C10H8N4O3/c11-9(16)7-5-8(15)14(17)10(13-7)6-3-1-2-4-12-6/h1-5,17H,(H2,11,16). The molecule has 2 aromatic rings. The Morgan fingerprint density at radius 1 is 1.41 bits per heavy atom. The fourth-order valence-corrected chi connectivity index (χ4v) is 1.26. The zero-order valence-electron chi connectivity index (χ0n) is 8.57. The molecule has 2 rings (SSSR count). The summed E-state index contributed by atoms with van der Waals surface area (Å²) in [5.74, 6) is -0.980. The van der Waals surface area contributed by atoms with Crippen LogP contribution in [-0.4, -0.2) is 25.8 Å². The topological polar surface area (TPSA) is 111 Å². The monoisotopic (exact) mass is 232 g/mol. The Labute approximate surface area is 95.1 Å². The van der Waals surface area contributed by atoms with Crippen LogP contribution in [0.25, 0.3) is 11.5 Å². The highest BCUT2D eigenvalue weighted by molar-refractivity contribution is 5.90. The molecule has 7 nitrogen and oxygen atoms in total. The summed E-state index contributed by atoms with van der Waals surface area (Å²) in [5, 5.41) is 9.51. The summed E-state index contributed by atoms with van der Waals surface area (Å²) < 4.78 is 0.314. The van der Waals surface area contributed by atoms with Crippen molar-refractivity contribution in [2.45, 2.75) is 0 Å². The second kappa shape index (κ2) is 4.05. The molecule has 0 atom stereocenters. The predicted octanol–water partition coefficient (Wildman–Crippen LogP) is -0.359. The molecule has 0 aliphatic rings. The number of carbonyl (C=O) groups is 1. The van der Waals surface area contributed by atoms with Crippen molar-refractivity contribution >= 4 is 5.91 Å². The molecule has 3 N–H and O–H groups in total. The third-order valence-electron chi connectivity index (χ3n) is 2.04. The minimum Gasteiger partial charge on any atom is -0.423 e. The van der Waals surface area contributed by atoms with Gasteiger partial charge in [-0.05, 0) is 12.1 Å². The van der Waals surface area contributed by atoms with Crippen LogP contribution in [0.3, 0.4) is 0 Å². The number of rotatable bonds is 2. The number of primary amides is 1. The largest absolute Gasteiger partial charge is 0.423 e. The van der Waals surface area contributed by atoms with E-state index in [1.165, 1.54) is 6.20 Å². The summed E-state index contributed by atoms with van der Waals surface area (Å²) in [5.41, 5.74) is 4.27. The molecule has 0 fully saturated rings. The summed E-state index contributed by atoms with van der Waals surface area (Å²) in [6.07, 6.45) is 1.47. The molecule has 7 heteroatoms. The van der Waals surface area contributed by atoms with Crippen molar-refractivity contribution in [2.75, 3.05) is 0 Å². The molecule has 0 saturated heterocycles. The molecule has 0 aliphatic heterocycles. The highest BCUT2D eigenvalue weighted by atomic mass is 16.5. The van der Waals surface area contributed by atoms with E-state index in [4.69, 9.17) is 5.73 Å². The fourth-order valence-electron chi connectivity index (χ4n) is 1.26. The Morgan fingerprint density at radius 3 is 2.76 bits per heavy atom. The summed E-state index contributed by atoms with van der Waals surface area (Å²) in [7, 11) is 0. The average Bonchev–Trinajstić information content (AvgIpc) is 2.33. The first-order valence-electron chi connectivity index (χ1n) is 4.64. The number of carbonyl (C=O) groups excluding carboxylic acids is 1. The molecule has 0 unspecified atom stereocenters. The highest BCUT2D eigenvalue weighted by Gasteiger charge is 2.13. The highest BCUT2D eigenvalue weighted by Crippen LogP contribution is 2.10. The first kappa shape index (κ1) is 10.8. The van der Waals surface area contributed by atoms with Gasteiger partial charge in [-0.1, -0.05) is 6.07 Å². The van der Waals surface area contributed by atoms with E-state index in [1.807, 2.05) is 0 Å². The number of nitrogens with zero attached hydrogens (tertiary/aromatic N) is 3. The number of amides is 1. The molecule has 0 aliphatic carbocycles. The Kier molecular flexibility index (Phi) is 2.57. The van der Waals surface area contributed by atoms with Gasteiger partial charge >= 0.3 is 0 Å². The van der Waals surface area contributed by atoms with E-state index in [0.717, 1.165) is 6.07 Å². The molecule has 0 aromatic carbocycles. The second-order valence-corrected chi connectivity index (χ2v) is 3.19. The van der Waals surface area contributed by atoms with Gasteiger partial charge in [0, 0.05) is 12.3 Å². The molecule has 1 amide bonds. The van der Waals surface area contributed by atoms with E-state index >= 15 is 0 Å². The molecule has 86 valence electrons. The third kappa shape index (κ3) is 1.98. The van der Waals surface area contributed by atoms with Crippen molar-refractivity contribution in [3.63, 3.8) is 0 Å². The first-order chi connectivity index (χ1) is 8.09. The number of nitrogens with two attached hydrogens (primary N) is 1. The van der Waals surface area contributed by atoms with Gasteiger partial charge in [0.25, 0.3) is 11.5 Å². The quantitative estimate of drug-likeness (QED) is 0.687. The van der Waals surface area contributed by atoms with Crippen LogP contribution in [0.4, 0.5) is 0 Å². The first-order valence-corrected chi connectivity index (χ1v) is 4.64. The van der Waals surface area contributed by atoms with Crippen LogP contribution in [0.1, 0.15) is 10.5 Å². The van der Waals surface area contributed by atoms with Gasteiger partial charge in [-0.3, -0.25) is 14.6 Å². The van der Waals surface area contributed by atoms with Crippen LogP contribution in [0, 0.1) is 0 Å². The van der Waals surface area contributed by atoms with Crippen LogP contribution in [0.5, 0.6) is 0 Å². The van der Waals surface area contributed by atoms with Gasteiger partial charge in [-0.25, -0.2) is 4.98 Å². The smallest absolute Gasteiger partial charge is 0.287 e. The minimum atomic E-state index is -0.847. The van der Waals surface area contributed by atoms with Gasteiger partial charge in [0.05, 0.1) is 0 Å². The maximum atomic E-state index is 11.4. The lowest BCUT2D eigenvalue weighted by Crippen LogP contribution is -2.25. The van der Waals surface area contributed by atoms with Gasteiger partial charge < -0.3 is 10.9 Å². The van der Waals surface area contributed by atoms with Gasteiger partial charge in [-0.15, -0.1) is 4.73 Å². The van der Waals surface area contributed by atoms with Crippen molar-refractivity contribution in [3.8, 4) is 11.5 Å². The summed E-state index contributed by atoms with van der Waals surface area (Å²) >= 11 is 0. The SMILES string of the molecule is NC(=O)c1cc(=O)n(O)c(-c2ccccn2)n1. The van der Waals surface area contributed by atoms with Crippen molar-refractivity contribution < 1.29 is 10.0 Å². The summed E-state index contributed by atoms with van der Waals surface area (Å²) in [6.45, 7) is 0. The Morgan fingerprint density at radius 2 is 2.18 bits per heavy atom. The number of hydrogen-bond acceptors (Lipinski definition) is 5. The lowest BCUT2D eigenvalue weighted by Gasteiger charge is -2.05. The number of aromatic nitrogens is 3. The van der Waals surface area contributed by atoms with Crippen molar-refractivity contribution in [2.24, 2.45) is 5.73 Å². The van der Waals surface area contributed by atoms with E-state index in [1.54, 1.807) is 18.2 Å². The molecule has 2 heterocycles. The number of hydrogen-bond donors (Lipinski definition) is 2. The third-order valence-corrected chi connectivity index (χ3v) is 2.04. The minimum absolute atomic E-state index is 0.132. The zero-order chi connectivity index (χ0) is 12.4. The van der Waals surface area contributed by atoms with E-state index < -0.39 is 11.5 Å². The maximum absolute atomic E-state index is 11.4. The summed E-state index contributed by atoms with van der Waals surface area (Å²) in [6, 6.07) is 5.72. The van der Waals surface area contributed by atoms with Gasteiger partial charge in [0.1, 0.15) is 11.4 Å². The molecule has 2 aromatic heterocycles. The fraction of sp³-hybridized carbons (Fsp3) is 0. The van der Waals surface area contributed by atoms with Crippen molar-refractivity contribution in [1.29, 1.82) is 0 Å². The lowest BCUT2D eigenvalue weighted by molar-refractivity contribution is 0.0993. The van der Waals surface area contributed by atoms with Crippen LogP contribution in [0.2, 0.25) is 0 Å². The van der Waals surface area contributed by atoms with E-state index in [9.17, 15) is 14.8 Å². The molecular formula is C10H8N4O3. The van der Waals surface area contributed by atoms with Crippen molar-refractivity contribution in [3.05, 3.63) is 46.5 Å². The maximum Gasteiger partial charge on any atom is 0.287 e. The molecular weight excluding hydrogens is 224 g/mol. The molecule has 0 spiro atoms. The lowest BCUT2D eigenvalue weighted by atomic mass is 10.3. The summed E-state index contributed by atoms with van der Waals surface area (Å²) in [4.78, 5) is 30.0. The van der Waals surface area contributed by atoms with Crippen LogP contribution in [-0.2, 0) is 0 Å².